The summed E-state index contributed by atoms with van der Waals surface area (Å²) in [4.78, 5) is 23.1. The van der Waals surface area contributed by atoms with Gasteiger partial charge in [0, 0.05) is 4.47 Å². The van der Waals surface area contributed by atoms with Gasteiger partial charge in [-0.3, -0.25) is 5.32 Å². The van der Waals surface area contributed by atoms with E-state index in [1.807, 2.05) is 30.3 Å². The van der Waals surface area contributed by atoms with Crippen LogP contribution < -0.4 is 5.32 Å². The first-order chi connectivity index (χ1) is 10.5. The summed E-state index contributed by atoms with van der Waals surface area (Å²) in [6.45, 7) is 1.92. The van der Waals surface area contributed by atoms with Gasteiger partial charge in [0.15, 0.2) is 0 Å². The van der Waals surface area contributed by atoms with Gasteiger partial charge in [0.25, 0.3) is 0 Å². The fraction of sp³-hybridized carbons (Fsp3) is 0.125. The average molecular weight is 364 g/mol. The van der Waals surface area contributed by atoms with Crippen molar-refractivity contribution >= 4 is 33.7 Å². The van der Waals surface area contributed by atoms with Crippen LogP contribution in [0.5, 0.6) is 0 Å². The van der Waals surface area contributed by atoms with Gasteiger partial charge in [-0.25, -0.2) is 9.59 Å². The van der Waals surface area contributed by atoms with E-state index in [-0.39, 0.29) is 17.9 Å². The Labute approximate surface area is 136 Å². The molecule has 0 fully saturated rings. The second-order valence-corrected chi connectivity index (χ2v) is 5.49. The molecule has 0 radical (unpaired) electrons. The summed E-state index contributed by atoms with van der Waals surface area (Å²) in [6.07, 6.45) is -0.701. The maximum atomic E-state index is 11.8. The van der Waals surface area contributed by atoms with Crippen molar-refractivity contribution in [1.82, 2.24) is 0 Å². The van der Waals surface area contributed by atoms with Gasteiger partial charge in [0.2, 0.25) is 0 Å². The number of benzene rings is 2. The summed E-state index contributed by atoms with van der Waals surface area (Å²) in [7, 11) is 0. The first-order valence-electron chi connectivity index (χ1n) is 6.48. The molecule has 22 heavy (non-hydrogen) atoms. The number of halogens is 1. The molecule has 1 amide bonds. The Balaban J connectivity index is 2.08. The van der Waals surface area contributed by atoms with Gasteiger partial charge >= 0.3 is 12.1 Å². The zero-order valence-electron chi connectivity index (χ0n) is 11.8. The van der Waals surface area contributed by atoms with Crippen LogP contribution in [-0.2, 0) is 11.3 Å². The molecule has 2 aromatic rings. The van der Waals surface area contributed by atoms with Crippen molar-refractivity contribution in [3.05, 3.63) is 63.6 Å². The van der Waals surface area contributed by atoms with E-state index in [4.69, 9.17) is 4.74 Å². The van der Waals surface area contributed by atoms with Gasteiger partial charge in [0.05, 0.1) is 11.3 Å². The highest BCUT2D eigenvalue weighted by Crippen LogP contribution is 2.25. The second-order valence-electron chi connectivity index (χ2n) is 4.64. The number of carbonyl (C=O) groups is 2. The molecule has 0 bridgehead atoms. The van der Waals surface area contributed by atoms with E-state index in [0.29, 0.717) is 4.47 Å². The molecule has 6 heteroatoms. The van der Waals surface area contributed by atoms with Crippen LogP contribution >= 0.6 is 15.9 Å². The number of amides is 1. The molecule has 2 N–H and O–H groups in total. The molecule has 0 saturated heterocycles. The summed E-state index contributed by atoms with van der Waals surface area (Å²) >= 11 is 3.27. The first-order valence-corrected chi connectivity index (χ1v) is 7.28. The van der Waals surface area contributed by atoms with E-state index in [1.54, 1.807) is 13.0 Å². The molecule has 0 atom stereocenters. The molecule has 5 nitrogen and oxygen atoms in total. The van der Waals surface area contributed by atoms with Crippen molar-refractivity contribution in [3.63, 3.8) is 0 Å². The van der Waals surface area contributed by atoms with Gasteiger partial charge in [-0.2, -0.15) is 0 Å². The van der Waals surface area contributed by atoms with Crippen LogP contribution in [0.1, 0.15) is 21.5 Å². The quantitative estimate of drug-likeness (QED) is 0.853. The Hall–Kier alpha value is -2.34. The lowest BCUT2D eigenvalue weighted by molar-refractivity contribution is 0.0698. The third kappa shape index (κ3) is 4.08. The molecule has 114 valence electrons. The molecule has 0 heterocycles. The van der Waals surface area contributed by atoms with Crippen molar-refractivity contribution in [2.24, 2.45) is 0 Å². The average Bonchev–Trinajstić information content (AvgIpc) is 2.49. The number of hydrogen-bond donors (Lipinski definition) is 2. The highest BCUT2D eigenvalue weighted by Gasteiger charge is 2.15. The van der Waals surface area contributed by atoms with Crippen LogP contribution in [0.2, 0.25) is 0 Å². The lowest BCUT2D eigenvalue weighted by atomic mass is 10.1. The molecule has 0 saturated carbocycles. The lowest BCUT2D eigenvalue weighted by Gasteiger charge is -2.11. The minimum atomic E-state index is -1.13. The van der Waals surface area contributed by atoms with Crippen molar-refractivity contribution in [1.29, 1.82) is 0 Å². The zero-order valence-corrected chi connectivity index (χ0v) is 13.4. The predicted octanol–water partition coefficient (Wildman–Crippen LogP) is 4.20. The number of carboxylic acid groups (broad SMARTS) is 1. The molecule has 0 spiro atoms. The molecule has 0 aliphatic heterocycles. The Morgan fingerprint density at radius 1 is 1.23 bits per heavy atom. The van der Waals surface area contributed by atoms with E-state index in [2.05, 4.69) is 21.2 Å². The maximum Gasteiger partial charge on any atom is 0.411 e. The van der Waals surface area contributed by atoms with Gasteiger partial charge in [-0.05, 0) is 30.2 Å². The number of hydrogen-bond acceptors (Lipinski definition) is 3. The van der Waals surface area contributed by atoms with E-state index in [0.717, 1.165) is 11.1 Å². The van der Waals surface area contributed by atoms with Gasteiger partial charge in [-0.1, -0.05) is 46.3 Å². The number of carboxylic acids is 1. The second kappa shape index (κ2) is 7.09. The highest BCUT2D eigenvalue weighted by atomic mass is 79.9. The fourth-order valence-corrected chi connectivity index (χ4v) is 2.17. The lowest BCUT2D eigenvalue weighted by Crippen LogP contribution is -2.16. The van der Waals surface area contributed by atoms with Crippen LogP contribution in [-0.4, -0.2) is 17.2 Å². The largest absolute Gasteiger partial charge is 0.478 e. The van der Waals surface area contributed by atoms with Crippen LogP contribution in [0.25, 0.3) is 0 Å². The third-order valence-electron chi connectivity index (χ3n) is 2.98. The topological polar surface area (TPSA) is 75.6 Å². The van der Waals surface area contributed by atoms with Crippen LogP contribution in [0.15, 0.2) is 46.9 Å². The molecular weight excluding hydrogens is 350 g/mol. The monoisotopic (exact) mass is 363 g/mol. The van der Waals surface area contributed by atoms with E-state index in [9.17, 15) is 14.7 Å². The standard InChI is InChI=1S/C16H14BrNO4/c1-10-7-14(12(15(19)20)8-13(10)17)18-16(21)22-9-11-5-3-2-4-6-11/h2-8H,9H2,1H3,(H,18,21)(H,19,20). The van der Waals surface area contributed by atoms with Gasteiger partial charge in [-0.15, -0.1) is 0 Å². The van der Waals surface area contributed by atoms with Crippen molar-refractivity contribution in [2.75, 3.05) is 5.32 Å². The Morgan fingerprint density at radius 2 is 1.91 bits per heavy atom. The molecule has 0 unspecified atom stereocenters. The summed E-state index contributed by atoms with van der Waals surface area (Å²) in [5.41, 5.74) is 1.85. The van der Waals surface area contributed by atoms with Crippen molar-refractivity contribution in [3.8, 4) is 0 Å². The minimum Gasteiger partial charge on any atom is -0.478 e. The van der Waals surface area contributed by atoms with Crippen LogP contribution in [0.4, 0.5) is 10.5 Å². The number of aromatic carboxylic acids is 1. The highest BCUT2D eigenvalue weighted by molar-refractivity contribution is 9.10. The van der Waals surface area contributed by atoms with E-state index >= 15 is 0 Å². The van der Waals surface area contributed by atoms with E-state index < -0.39 is 12.1 Å². The number of anilines is 1. The molecule has 2 aromatic carbocycles. The Kier molecular flexibility index (Phi) is 5.16. The number of aryl methyl sites for hydroxylation is 1. The first kappa shape index (κ1) is 16.0. The number of carbonyl (C=O) groups excluding carboxylic acids is 1. The molecule has 0 aliphatic carbocycles. The SMILES string of the molecule is Cc1cc(NC(=O)OCc2ccccc2)c(C(=O)O)cc1Br. The van der Waals surface area contributed by atoms with Crippen LogP contribution in [0, 0.1) is 6.92 Å². The van der Waals surface area contributed by atoms with Crippen molar-refractivity contribution < 1.29 is 19.4 Å². The zero-order chi connectivity index (χ0) is 16.1. The smallest absolute Gasteiger partial charge is 0.411 e. The van der Waals surface area contributed by atoms with Gasteiger partial charge < -0.3 is 9.84 Å². The Morgan fingerprint density at radius 3 is 2.55 bits per heavy atom. The summed E-state index contributed by atoms with van der Waals surface area (Å²) in [5.74, 6) is -1.13. The predicted molar refractivity (Wildman–Crippen MR) is 86.1 cm³/mol. The number of ether oxygens (including phenoxy) is 1. The minimum absolute atomic E-state index is 0.00543. The van der Waals surface area contributed by atoms with Gasteiger partial charge in [0.1, 0.15) is 6.61 Å². The summed E-state index contributed by atoms with van der Waals surface area (Å²) in [5, 5.41) is 11.7. The summed E-state index contributed by atoms with van der Waals surface area (Å²) in [6, 6.07) is 12.3. The normalized spacial score (nSPS) is 10.1. The third-order valence-corrected chi connectivity index (χ3v) is 3.83. The summed E-state index contributed by atoms with van der Waals surface area (Å²) < 4.78 is 5.74. The number of rotatable bonds is 4. The van der Waals surface area contributed by atoms with Crippen LogP contribution in [0.3, 0.4) is 0 Å². The fourth-order valence-electron chi connectivity index (χ4n) is 1.83. The molecule has 2 rings (SSSR count). The maximum absolute atomic E-state index is 11.8. The van der Waals surface area contributed by atoms with E-state index in [1.165, 1.54) is 6.07 Å². The molecule has 0 aromatic heterocycles. The Bertz CT molecular complexity index is 701. The molecular formula is C16H14BrNO4. The van der Waals surface area contributed by atoms with Crippen molar-refractivity contribution in [2.45, 2.75) is 13.5 Å². The molecule has 0 aliphatic rings. The number of nitrogens with one attached hydrogen (secondary N) is 1.